The quantitative estimate of drug-likeness (QED) is 0.398. The highest BCUT2D eigenvalue weighted by Crippen LogP contribution is 2.15. The lowest BCUT2D eigenvalue weighted by molar-refractivity contribution is 0.0263. The highest BCUT2D eigenvalue weighted by Gasteiger charge is 2.21. The molecule has 1 heterocycles. The van der Waals surface area contributed by atoms with Crippen LogP contribution in [-0.4, -0.2) is 56.4 Å². The van der Waals surface area contributed by atoms with Crippen molar-refractivity contribution in [2.24, 2.45) is 4.99 Å². The monoisotopic (exact) mass is 465 g/mol. The molecule has 0 amide bonds. The fourth-order valence-electron chi connectivity index (χ4n) is 2.85. The molecule has 0 bridgehead atoms. The number of halogens is 2. The molecule has 7 heteroatoms. The van der Waals surface area contributed by atoms with Crippen molar-refractivity contribution in [3.8, 4) is 5.75 Å². The highest BCUT2D eigenvalue weighted by atomic mass is 127. The minimum Gasteiger partial charge on any atom is -0.489 e. The normalized spacial score (nSPS) is 17.0. The number of hydrogen-bond donors (Lipinski definition) is 1. The number of nitrogens with one attached hydrogen (secondary N) is 1. The minimum absolute atomic E-state index is 0. The fourth-order valence-corrected chi connectivity index (χ4v) is 2.85. The average molecular weight is 465 g/mol. The van der Waals surface area contributed by atoms with Gasteiger partial charge in [0, 0.05) is 32.8 Å². The van der Waals surface area contributed by atoms with Crippen LogP contribution in [0.25, 0.3) is 0 Å². The lowest BCUT2D eigenvalue weighted by Gasteiger charge is -2.34. The number of piperidine rings is 1. The van der Waals surface area contributed by atoms with Crippen molar-refractivity contribution >= 4 is 29.9 Å². The van der Waals surface area contributed by atoms with E-state index in [1.807, 2.05) is 13.8 Å². The van der Waals surface area contributed by atoms with Crippen molar-refractivity contribution in [3.63, 3.8) is 0 Å². The largest absolute Gasteiger partial charge is 0.489 e. The van der Waals surface area contributed by atoms with E-state index < -0.39 is 0 Å². The summed E-state index contributed by atoms with van der Waals surface area (Å²) < 4.78 is 24.6. The second-order valence-corrected chi connectivity index (χ2v) is 5.96. The topological polar surface area (TPSA) is 46.1 Å². The van der Waals surface area contributed by atoms with E-state index in [0.29, 0.717) is 18.4 Å². The predicted octanol–water partition coefficient (Wildman–Crippen LogP) is 3.29. The number of rotatable bonds is 6. The van der Waals surface area contributed by atoms with Gasteiger partial charge in [0.05, 0.1) is 12.6 Å². The van der Waals surface area contributed by atoms with E-state index in [1.165, 1.54) is 12.1 Å². The second-order valence-electron chi connectivity index (χ2n) is 5.96. The van der Waals surface area contributed by atoms with Crippen LogP contribution in [0.3, 0.4) is 0 Å². The molecule has 1 saturated heterocycles. The maximum Gasteiger partial charge on any atom is 0.193 e. The van der Waals surface area contributed by atoms with Crippen LogP contribution in [0.4, 0.5) is 4.39 Å². The first-order chi connectivity index (χ1) is 11.6. The molecule has 1 aromatic carbocycles. The smallest absolute Gasteiger partial charge is 0.193 e. The van der Waals surface area contributed by atoms with Crippen LogP contribution in [0, 0.1) is 5.82 Å². The Balaban J connectivity index is 0.00000312. The first kappa shape index (κ1) is 22.0. The summed E-state index contributed by atoms with van der Waals surface area (Å²) in [5.41, 5.74) is 0. The summed E-state index contributed by atoms with van der Waals surface area (Å²) in [4.78, 5) is 6.59. The molecule has 25 heavy (non-hydrogen) atoms. The summed E-state index contributed by atoms with van der Waals surface area (Å²) in [6, 6.07) is 6.20. The highest BCUT2D eigenvalue weighted by molar-refractivity contribution is 14.0. The molecule has 142 valence electrons. The zero-order valence-electron chi connectivity index (χ0n) is 15.2. The zero-order valence-corrected chi connectivity index (χ0v) is 17.5. The Hall–Kier alpha value is -1.09. The Morgan fingerprint density at radius 3 is 2.72 bits per heavy atom. The van der Waals surface area contributed by atoms with Gasteiger partial charge in [0.15, 0.2) is 5.96 Å². The molecule has 1 aliphatic heterocycles. The van der Waals surface area contributed by atoms with Crippen LogP contribution < -0.4 is 10.1 Å². The number of benzene rings is 1. The van der Waals surface area contributed by atoms with Gasteiger partial charge in [-0.2, -0.15) is 0 Å². The van der Waals surface area contributed by atoms with E-state index in [4.69, 9.17) is 9.47 Å². The molecule has 2 rings (SSSR count). The van der Waals surface area contributed by atoms with Crippen molar-refractivity contribution in [1.29, 1.82) is 0 Å². The molecular weight excluding hydrogens is 436 g/mol. The molecule has 1 unspecified atom stereocenters. The van der Waals surface area contributed by atoms with Gasteiger partial charge in [0.2, 0.25) is 0 Å². The second kappa shape index (κ2) is 11.5. The average Bonchev–Trinajstić information content (AvgIpc) is 2.57. The van der Waals surface area contributed by atoms with Crippen molar-refractivity contribution < 1.29 is 13.9 Å². The molecule has 1 aliphatic rings. The van der Waals surface area contributed by atoms with Gasteiger partial charge in [-0.25, -0.2) is 4.39 Å². The van der Waals surface area contributed by atoms with E-state index in [-0.39, 0.29) is 35.9 Å². The summed E-state index contributed by atoms with van der Waals surface area (Å²) >= 11 is 0. The molecule has 5 nitrogen and oxygen atoms in total. The van der Waals surface area contributed by atoms with E-state index >= 15 is 0 Å². The fraction of sp³-hybridized carbons (Fsp3) is 0.611. The number of nitrogens with zero attached hydrogens (tertiary/aromatic N) is 2. The maximum absolute atomic E-state index is 13.2. The van der Waals surface area contributed by atoms with Gasteiger partial charge in [-0.15, -0.1) is 24.0 Å². The molecule has 0 spiro atoms. The number of likely N-dealkylation sites (tertiary alicyclic amines) is 1. The molecule has 0 saturated carbocycles. The van der Waals surface area contributed by atoms with E-state index in [1.54, 1.807) is 19.2 Å². The first-order valence-corrected chi connectivity index (χ1v) is 8.61. The third-order valence-electron chi connectivity index (χ3n) is 4.04. The Kier molecular flexibility index (Phi) is 10.1. The molecule has 0 aromatic heterocycles. The van der Waals surface area contributed by atoms with Gasteiger partial charge in [-0.05, 0) is 38.8 Å². The van der Waals surface area contributed by atoms with E-state index in [0.717, 1.165) is 38.5 Å². The number of aliphatic imine (C=N–C) groups is 1. The Morgan fingerprint density at radius 2 is 2.12 bits per heavy atom. The Bertz CT molecular complexity index is 537. The SMILES string of the molecule is CCOC1CCN(C(=NC)NCC(C)Oc2cccc(F)c2)CC1.I. The van der Waals surface area contributed by atoms with Crippen molar-refractivity contribution in [1.82, 2.24) is 10.2 Å². The summed E-state index contributed by atoms with van der Waals surface area (Å²) in [6.07, 6.45) is 2.30. The lowest BCUT2D eigenvalue weighted by atomic mass is 10.1. The van der Waals surface area contributed by atoms with Crippen molar-refractivity contribution in [2.45, 2.75) is 38.9 Å². The summed E-state index contributed by atoms with van der Waals surface area (Å²) in [7, 11) is 1.79. The first-order valence-electron chi connectivity index (χ1n) is 8.61. The summed E-state index contributed by atoms with van der Waals surface area (Å²) in [6.45, 7) is 7.23. The van der Waals surface area contributed by atoms with Gasteiger partial charge in [-0.3, -0.25) is 4.99 Å². The Morgan fingerprint density at radius 1 is 1.40 bits per heavy atom. The molecule has 1 N–H and O–H groups in total. The van der Waals surface area contributed by atoms with Gasteiger partial charge in [0.25, 0.3) is 0 Å². The molecule has 1 atom stereocenters. The van der Waals surface area contributed by atoms with Gasteiger partial charge in [-0.1, -0.05) is 6.07 Å². The van der Waals surface area contributed by atoms with Gasteiger partial charge >= 0.3 is 0 Å². The third kappa shape index (κ3) is 7.35. The predicted molar refractivity (Wildman–Crippen MR) is 109 cm³/mol. The minimum atomic E-state index is -0.291. The van der Waals surface area contributed by atoms with Crippen LogP contribution in [0.2, 0.25) is 0 Å². The van der Waals surface area contributed by atoms with Gasteiger partial charge < -0.3 is 19.7 Å². The molecular formula is C18H29FIN3O2. The van der Waals surface area contributed by atoms with Crippen LogP contribution in [0.15, 0.2) is 29.3 Å². The molecule has 0 radical (unpaired) electrons. The van der Waals surface area contributed by atoms with Gasteiger partial charge in [0.1, 0.15) is 17.7 Å². The van der Waals surface area contributed by atoms with Crippen LogP contribution >= 0.6 is 24.0 Å². The molecule has 1 fully saturated rings. The summed E-state index contributed by atoms with van der Waals surface area (Å²) in [5.74, 6) is 1.12. The van der Waals surface area contributed by atoms with Crippen LogP contribution in [0.5, 0.6) is 5.75 Å². The Labute approximate surface area is 167 Å². The zero-order chi connectivity index (χ0) is 17.4. The van der Waals surface area contributed by atoms with Crippen LogP contribution in [-0.2, 0) is 4.74 Å². The van der Waals surface area contributed by atoms with Crippen LogP contribution in [0.1, 0.15) is 26.7 Å². The molecule has 1 aromatic rings. The number of hydrogen-bond acceptors (Lipinski definition) is 3. The van der Waals surface area contributed by atoms with Crippen molar-refractivity contribution in [2.75, 3.05) is 33.3 Å². The summed E-state index contributed by atoms with van der Waals surface area (Å²) in [5, 5.41) is 3.34. The number of ether oxygens (including phenoxy) is 2. The molecule has 0 aliphatic carbocycles. The van der Waals surface area contributed by atoms with E-state index in [2.05, 4.69) is 15.2 Å². The maximum atomic E-state index is 13.2. The third-order valence-corrected chi connectivity index (χ3v) is 4.04. The lowest BCUT2D eigenvalue weighted by Crippen LogP contribution is -2.48. The van der Waals surface area contributed by atoms with Crippen molar-refractivity contribution in [3.05, 3.63) is 30.1 Å². The number of guanidine groups is 1. The van der Waals surface area contributed by atoms with E-state index in [9.17, 15) is 4.39 Å². The standard InChI is InChI=1S/C18H28FN3O2.HI/c1-4-23-16-8-10-22(11-9-16)18(20-3)21-13-14(2)24-17-7-5-6-15(19)12-17;/h5-7,12,14,16H,4,8-11,13H2,1-3H3,(H,20,21);1H.